The Labute approximate surface area is 194 Å². The molecule has 0 radical (unpaired) electrons. The van der Waals surface area contributed by atoms with Crippen molar-refractivity contribution in [3.8, 4) is 0 Å². The number of benzene rings is 2. The first-order valence-electron chi connectivity index (χ1n) is 11.0. The monoisotopic (exact) mass is 484 g/mol. The second-order valence-electron chi connectivity index (χ2n) is 8.11. The number of rotatable bonds is 11. The van der Waals surface area contributed by atoms with Crippen LogP contribution >= 0.6 is 0 Å². The predicted octanol–water partition coefficient (Wildman–Crippen LogP) is 5.62. The van der Waals surface area contributed by atoms with Crippen molar-refractivity contribution < 1.29 is 26.4 Å². The minimum atomic E-state index is -4.70. The summed E-state index contributed by atoms with van der Waals surface area (Å²) < 4.78 is 65.7. The van der Waals surface area contributed by atoms with E-state index in [1.54, 1.807) is 24.3 Å². The smallest absolute Gasteiger partial charge is 0.352 e. The third-order valence-electron chi connectivity index (χ3n) is 5.52. The minimum absolute atomic E-state index is 0.237. The molecule has 0 aliphatic heterocycles. The number of sulfonamides is 1. The first-order valence-corrected chi connectivity index (χ1v) is 12.8. The SMILES string of the molecule is CCCC[C@H](CC)CNC(=O)c1ccc(CN(c2ccccc2C(F)(F)F)S(C)(=O)=O)cc1. The maximum absolute atomic E-state index is 13.4. The standard InChI is InChI=1S/C24H31F3N2O3S/c1-4-6-9-18(5-2)16-28-23(30)20-14-12-19(13-15-20)17-29(33(3,31)32)22-11-8-7-10-21(22)24(25,26)27/h7-8,10-15,18H,4-6,9,16-17H2,1-3H3,(H,28,30)/t18-/m0/s1. The molecule has 9 heteroatoms. The molecule has 0 bridgehead atoms. The van der Waals surface area contributed by atoms with Gasteiger partial charge in [0.05, 0.1) is 24.1 Å². The predicted molar refractivity (Wildman–Crippen MR) is 125 cm³/mol. The Kier molecular flexibility index (Phi) is 9.34. The number of nitrogens with one attached hydrogen (secondary N) is 1. The summed E-state index contributed by atoms with van der Waals surface area (Å²) in [5.41, 5.74) is -0.596. The summed E-state index contributed by atoms with van der Waals surface area (Å²) >= 11 is 0. The van der Waals surface area contributed by atoms with Gasteiger partial charge in [0.15, 0.2) is 0 Å². The van der Waals surface area contributed by atoms with Gasteiger partial charge in [0, 0.05) is 12.1 Å². The molecule has 1 amide bonds. The van der Waals surface area contributed by atoms with Crippen LogP contribution in [0.1, 0.15) is 61.0 Å². The Balaban J connectivity index is 2.17. The molecule has 0 aliphatic rings. The van der Waals surface area contributed by atoms with Gasteiger partial charge >= 0.3 is 6.18 Å². The van der Waals surface area contributed by atoms with Gasteiger partial charge in [-0.3, -0.25) is 9.10 Å². The number of para-hydroxylation sites is 1. The zero-order valence-electron chi connectivity index (χ0n) is 19.2. The van der Waals surface area contributed by atoms with Gasteiger partial charge in [0.1, 0.15) is 0 Å². The lowest BCUT2D eigenvalue weighted by Crippen LogP contribution is -2.31. The van der Waals surface area contributed by atoms with Gasteiger partial charge in [-0.15, -0.1) is 0 Å². The maximum atomic E-state index is 13.4. The minimum Gasteiger partial charge on any atom is -0.352 e. The molecular formula is C24H31F3N2O3S. The van der Waals surface area contributed by atoms with Crippen molar-refractivity contribution in [1.82, 2.24) is 5.32 Å². The summed E-state index contributed by atoms with van der Waals surface area (Å²) in [5, 5.41) is 2.92. The molecule has 2 rings (SSSR count). The van der Waals surface area contributed by atoms with E-state index in [-0.39, 0.29) is 12.5 Å². The fourth-order valence-corrected chi connectivity index (χ4v) is 4.42. The molecule has 0 spiro atoms. The van der Waals surface area contributed by atoms with Crippen LogP contribution in [0.5, 0.6) is 0 Å². The molecule has 0 fully saturated rings. The summed E-state index contributed by atoms with van der Waals surface area (Å²) in [6, 6.07) is 10.8. The van der Waals surface area contributed by atoms with Crippen LogP contribution < -0.4 is 9.62 Å². The normalized spacial score (nSPS) is 12.9. The highest BCUT2D eigenvalue weighted by molar-refractivity contribution is 7.92. The number of amides is 1. The van der Waals surface area contributed by atoms with E-state index < -0.39 is 27.5 Å². The van der Waals surface area contributed by atoms with Crippen molar-refractivity contribution >= 4 is 21.6 Å². The fourth-order valence-electron chi connectivity index (χ4n) is 3.52. The lowest BCUT2D eigenvalue weighted by atomic mass is 9.99. The van der Waals surface area contributed by atoms with Gasteiger partial charge in [-0.25, -0.2) is 8.42 Å². The van der Waals surface area contributed by atoms with Crippen LogP contribution in [0.2, 0.25) is 0 Å². The Morgan fingerprint density at radius 3 is 2.24 bits per heavy atom. The largest absolute Gasteiger partial charge is 0.418 e. The molecule has 1 atom stereocenters. The number of alkyl halides is 3. The van der Waals surface area contributed by atoms with Crippen molar-refractivity contribution in [1.29, 1.82) is 0 Å². The van der Waals surface area contributed by atoms with Gasteiger partial charge < -0.3 is 5.32 Å². The summed E-state index contributed by atoms with van der Waals surface area (Å²) in [6.07, 6.45) is 0.397. The van der Waals surface area contributed by atoms with E-state index in [1.165, 1.54) is 12.1 Å². The van der Waals surface area contributed by atoms with Gasteiger partial charge in [-0.1, -0.05) is 57.4 Å². The van der Waals surface area contributed by atoms with Crippen molar-refractivity contribution in [2.75, 3.05) is 17.1 Å². The highest BCUT2D eigenvalue weighted by Gasteiger charge is 2.36. The topological polar surface area (TPSA) is 66.5 Å². The van der Waals surface area contributed by atoms with Crippen molar-refractivity contribution in [3.63, 3.8) is 0 Å². The van der Waals surface area contributed by atoms with E-state index in [2.05, 4.69) is 19.2 Å². The van der Waals surface area contributed by atoms with Crippen LogP contribution in [0, 0.1) is 5.92 Å². The van der Waals surface area contributed by atoms with E-state index in [0.717, 1.165) is 48.4 Å². The zero-order valence-corrected chi connectivity index (χ0v) is 20.0. The van der Waals surface area contributed by atoms with Crippen molar-refractivity contribution in [2.24, 2.45) is 5.92 Å². The molecule has 2 aromatic rings. The highest BCUT2D eigenvalue weighted by atomic mass is 32.2. The number of hydrogen-bond donors (Lipinski definition) is 1. The summed E-state index contributed by atoms with van der Waals surface area (Å²) in [6.45, 7) is 4.50. The highest BCUT2D eigenvalue weighted by Crippen LogP contribution is 2.37. The Morgan fingerprint density at radius 2 is 1.70 bits per heavy atom. The van der Waals surface area contributed by atoms with Gasteiger partial charge in [-0.2, -0.15) is 13.2 Å². The first-order chi connectivity index (χ1) is 15.5. The number of unbranched alkanes of at least 4 members (excludes halogenated alkanes) is 1. The van der Waals surface area contributed by atoms with Crippen LogP contribution in [-0.2, 0) is 22.7 Å². The summed E-state index contributed by atoms with van der Waals surface area (Å²) in [4.78, 5) is 12.5. The molecule has 0 heterocycles. The van der Waals surface area contributed by atoms with Crippen LogP contribution in [0.25, 0.3) is 0 Å². The van der Waals surface area contributed by atoms with E-state index in [4.69, 9.17) is 0 Å². The summed E-state index contributed by atoms with van der Waals surface area (Å²) in [7, 11) is -4.00. The molecule has 0 aliphatic carbocycles. The fraction of sp³-hybridized carbons (Fsp3) is 0.458. The van der Waals surface area contributed by atoms with Crippen molar-refractivity contribution in [2.45, 2.75) is 52.3 Å². The van der Waals surface area contributed by atoms with Gasteiger partial charge in [0.2, 0.25) is 10.0 Å². The first kappa shape index (κ1) is 26.7. The molecule has 0 saturated carbocycles. The lowest BCUT2D eigenvalue weighted by molar-refractivity contribution is -0.137. The van der Waals surface area contributed by atoms with E-state index in [1.807, 2.05) is 0 Å². The molecule has 33 heavy (non-hydrogen) atoms. The second kappa shape index (κ2) is 11.5. The number of anilines is 1. The second-order valence-corrected chi connectivity index (χ2v) is 10.0. The average molecular weight is 485 g/mol. The maximum Gasteiger partial charge on any atom is 0.418 e. The Bertz CT molecular complexity index is 1020. The third-order valence-corrected chi connectivity index (χ3v) is 6.64. The van der Waals surface area contributed by atoms with E-state index >= 15 is 0 Å². The number of halogens is 3. The van der Waals surface area contributed by atoms with Crippen LogP contribution in [0.4, 0.5) is 18.9 Å². The molecular weight excluding hydrogens is 453 g/mol. The van der Waals surface area contributed by atoms with Crippen molar-refractivity contribution in [3.05, 3.63) is 65.2 Å². The quantitative estimate of drug-likeness (QED) is 0.450. The average Bonchev–Trinajstić information content (AvgIpc) is 2.76. The number of nitrogens with zero attached hydrogens (tertiary/aromatic N) is 1. The Hall–Kier alpha value is -2.55. The van der Waals surface area contributed by atoms with Crippen LogP contribution in [0.15, 0.2) is 48.5 Å². The van der Waals surface area contributed by atoms with E-state index in [0.29, 0.717) is 23.6 Å². The molecule has 5 nitrogen and oxygen atoms in total. The lowest BCUT2D eigenvalue weighted by Gasteiger charge is -2.25. The molecule has 0 saturated heterocycles. The number of hydrogen-bond acceptors (Lipinski definition) is 3. The number of carbonyl (C=O) groups excluding carboxylic acids is 1. The zero-order chi connectivity index (χ0) is 24.6. The Morgan fingerprint density at radius 1 is 1.06 bits per heavy atom. The van der Waals surface area contributed by atoms with E-state index in [9.17, 15) is 26.4 Å². The number of carbonyl (C=O) groups is 1. The molecule has 0 unspecified atom stereocenters. The molecule has 2 aromatic carbocycles. The van der Waals surface area contributed by atoms with Crippen LogP contribution in [0.3, 0.4) is 0 Å². The molecule has 182 valence electrons. The molecule has 0 aromatic heterocycles. The molecule has 1 N–H and O–H groups in total. The third kappa shape index (κ3) is 7.77. The van der Waals surface area contributed by atoms with Crippen LogP contribution in [-0.4, -0.2) is 27.1 Å². The summed E-state index contributed by atoms with van der Waals surface area (Å²) in [5.74, 6) is 0.170. The van der Waals surface area contributed by atoms with Gasteiger partial charge in [0.25, 0.3) is 5.91 Å². The van der Waals surface area contributed by atoms with Gasteiger partial charge in [-0.05, 0) is 42.2 Å².